The first kappa shape index (κ1) is 23.9. The Morgan fingerprint density at radius 2 is 1.46 bits per heavy atom. The third kappa shape index (κ3) is 9.68. The van der Waals surface area contributed by atoms with Crippen LogP contribution in [0.25, 0.3) is 0 Å². The van der Waals surface area contributed by atoms with E-state index in [1.807, 2.05) is 7.05 Å². The topological polar surface area (TPSA) is 55.4 Å². The second-order valence-electron chi connectivity index (χ2n) is 6.86. The largest absolute Gasteiger partial charge is 0.379 e. The summed E-state index contributed by atoms with van der Waals surface area (Å²) >= 11 is 0. The van der Waals surface area contributed by atoms with Crippen LogP contribution >= 0.6 is 24.0 Å². The smallest absolute Gasteiger partial charge is 0.191 e. The molecule has 0 radical (unpaired) electrons. The lowest BCUT2D eigenvalue weighted by Crippen LogP contribution is -2.46. The van der Waals surface area contributed by atoms with Gasteiger partial charge in [0.05, 0.1) is 13.2 Å². The van der Waals surface area contributed by atoms with Crippen molar-refractivity contribution >= 4 is 29.9 Å². The number of aliphatic imine (C=N–C) groups is 1. The van der Waals surface area contributed by atoms with Crippen LogP contribution in [0.3, 0.4) is 0 Å². The van der Waals surface area contributed by atoms with Crippen molar-refractivity contribution in [1.29, 1.82) is 0 Å². The van der Waals surface area contributed by atoms with E-state index in [4.69, 9.17) is 4.74 Å². The minimum absolute atomic E-state index is 0. The second kappa shape index (κ2) is 14.8. The van der Waals surface area contributed by atoms with Gasteiger partial charge in [0.15, 0.2) is 5.96 Å². The van der Waals surface area contributed by atoms with E-state index in [1.165, 1.54) is 52.1 Å². The molecule has 8 heteroatoms. The van der Waals surface area contributed by atoms with E-state index in [-0.39, 0.29) is 24.0 Å². The van der Waals surface area contributed by atoms with Crippen molar-refractivity contribution in [1.82, 2.24) is 25.3 Å². The van der Waals surface area contributed by atoms with Gasteiger partial charge in [-0.05, 0) is 25.9 Å². The molecule has 0 aromatic carbocycles. The lowest BCUT2D eigenvalue weighted by atomic mass is 10.2. The summed E-state index contributed by atoms with van der Waals surface area (Å²) < 4.78 is 5.38. The predicted octanol–water partition coefficient (Wildman–Crippen LogP) is 0.519. The van der Waals surface area contributed by atoms with Crippen LogP contribution in [-0.2, 0) is 4.74 Å². The van der Waals surface area contributed by atoms with Gasteiger partial charge in [-0.1, -0.05) is 6.92 Å². The third-order valence-corrected chi connectivity index (χ3v) is 5.15. The van der Waals surface area contributed by atoms with Gasteiger partial charge in [-0.25, -0.2) is 0 Å². The number of nitrogens with one attached hydrogen (secondary N) is 2. The Morgan fingerprint density at radius 3 is 2.12 bits per heavy atom. The Morgan fingerprint density at radius 1 is 0.846 bits per heavy atom. The van der Waals surface area contributed by atoms with Crippen molar-refractivity contribution < 1.29 is 4.74 Å². The number of guanidine groups is 1. The molecule has 2 aliphatic heterocycles. The third-order valence-electron chi connectivity index (χ3n) is 5.15. The Labute approximate surface area is 176 Å². The molecule has 2 heterocycles. The number of hydrogen-bond acceptors (Lipinski definition) is 5. The van der Waals surface area contributed by atoms with E-state index in [9.17, 15) is 0 Å². The summed E-state index contributed by atoms with van der Waals surface area (Å²) in [6.07, 6.45) is 2.45. The average Bonchev–Trinajstić information content (AvgIpc) is 2.67. The van der Waals surface area contributed by atoms with Gasteiger partial charge in [0.2, 0.25) is 0 Å². The van der Waals surface area contributed by atoms with Crippen LogP contribution in [0, 0.1) is 0 Å². The van der Waals surface area contributed by atoms with Gasteiger partial charge in [-0.15, -0.1) is 24.0 Å². The molecule has 7 nitrogen and oxygen atoms in total. The average molecular weight is 482 g/mol. The summed E-state index contributed by atoms with van der Waals surface area (Å²) in [5, 5.41) is 6.84. The first-order chi connectivity index (χ1) is 12.3. The second-order valence-corrected chi connectivity index (χ2v) is 6.86. The van der Waals surface area contributed by atoms with E-state index in [1.54, 1.807) is 0 Å². The number of morpholine rings is 1. The zero-order chi connectivity index (χ0) is 17.7. The number of likely N-dealkylation sites (N-methyl/N-ethyl adjacent to an activating group) is 1. The number of unbranched alkanes of at least 4 members (excludes halogenated alkanes) is 1. The molecule has 0 aromatic rings. The van der Waals surface area contributed by atoms with Gasteiger partial charge >= 0.3 is 0 Å². The van der Waals surface area contributed by atoms with Crippen LogP contribution in [0.5, 0.6) is 0 Å². The van der Waals surface area contributed by atoms with Crippen LogP contribution in [0.15, 0.2) is 4.99 Å². The van der Waals surface area contributed by atoms with Crippen molar-refractivity contribution in [3.63, 3.8) is 0 Å². The van der Waals surface area contributed by atoms with Gasteiger partial charge in [0.25, 0.3) is 0 Å². The maximum absolute atomic E-state index is 5.38. The molecule has 2 fully saturated rings. The Bertz CT molecular complexity index is 371. The minimum Gasteiger partial charge on any atom is -0.379 e. The molecule has 0 unspecified atom stereocenters. The Kier molecular flexibility index (Phi) is 13.6. The number of ether oxygens (including phenoxy) is 1. The van der Waals surface area contributed by atoms with E-state index in [0.717, 1.165) is 51.9 Å². The minimum atomic E-state index is 0. The summed E-state index contributed by atoms with van der Waals surface area (Å²) in [5.74, 6) is 0.921. The summed E-state index contributed by atoms with van der Waals surface area (Å²) in [7, 11) is 1.84. The Balaban J connectivity index is 0.00000338. The predicted molar refractivity (Wildman–Crippen MR) is 120 cm³/mol. The van der Waals surface area contributed by atoms with Crippen molar-refractivity contribution in [3.8, 4) is 0 Å². The summed E-state index contributed by atoms with van der Waals surface area (Å²) in [5.41, 5.74) is 0. The summed E-state index contributed by atoms with van der Waals surface area (Å²) in [6, 6.07) is 0. The molecule has 0 aliphatic carbocycles. The number of hydrogen-bond donors (Lipinski definition) is 2. The molecule has 0 amide bonds. The molecule has 0 aromatic heterocycles. The summed E-state index contributed by atoms with van der Waals surface area (Å²) in [4.78, 5) is 11.9. The fourth-order valence-electron chi connectivity index (χ4n) is 3.37. The fourth-order valence-corrected chi connectivity index (χ4v) is 3.37. The highest BCUT2D eigenvalue weighted by molar-refractivity contribution is 14.0. The van der Waals surface area contributed by atoms with Crippen molar-refractivity contribution in [2.75, 3.05) is 92.3 Å². The molecular weight excluding hydrogens is 443 g/mol. The van der Waals surface area contributed by atoms with Gasteiger partial charge < -0.3 is 25.2 Å². The number of nitrogens with zero attached hydrogens (tertiary/aromatic N) is 4. The molecule has 0 spiro atoms. The normalized spacial score (nSPS) is 20.6. The highest BCUT2D eigenvalue weighted by Crippen LogP contribution is 2.02. The molecule has 2 N–H and O–H groups in total. The first-order valence-corrected chi connectivity index (χ1v) is 10.0. The molecule has 154 valence electrons. The highest BCUT2D eigenvalue weighted by atomic mass is 127. The maximum Gasteiger partial charge on any atom is 0.191 e. The van der Waals surface area contributed by atoms with Gasteiger partial charge in [-0.2, -0.15) is 0 Å². The molecular formula is C18H39IN6O. The van der Waals surface area contributed by atoms with Crippen LogP contribution < -0.4 is 10.6 Å². The van der Waals surface area contributed by atoms with Crippen LogP contribution in [-0.4, -0.2) is 113 Å². The lowest BCUT2D eigenvalue weighted by Gasteiger charge is -2.34. The van der Waals surface area contributed by atoms with Crippen LogP contribution in [0.2, 0.25) is 0 Å². The first-order valence-electron chi connectivity index (χ1n) is 10.0. The number of piperazine rings is 1. The standard InChI is InChI=1S/C18H38N6O.HI/c1-3-22-10-12-23(13-11-22)8-5-4-6-20-18(19-2)21-7-9-24-14-16-25-17-15-24;/h3-17H2,1-2H3,(H2,19,20,21);1H. The van der Waals surface area contributed by atoms with Crippen molar-refractivity contribution in [2.24, 2.45) is 4.99 Å². The Hall–Kier alpha value is -0.160. The molecule has 0 atom stereocenters. The highest BCUT2D eigenvalue weighted by Gasteiger charge is 2.14. The monoisotopic (exact) mass is 482 g/mol. The maximum atomic E-state index is 5.38. The van der Waals surface area contributed by atoms with Crippen molar-refractivity contribution in [3.05, 3.63) is 0 Å². The molecule has 0 saturated carbocycles. The zero-order valence-corrected chi connectivity index (χ0v) is 19.0. The van der Waals surface area contributed by atoms with E-state index in [0.29, 0.717) is 0 Å². The lowest BCUT2D eigenvalue weighted by molar-refractivity contribution is 0.0389. The van der Waals surface area contributed by atoms with Gasteiger partial charge in [0.1, 0.15) is 0 Å². The molecule has 2 rings (SSSR count). The molecule has 2 aliphatic rings. The van der Waals surface area contributed by atoms with Crippen molar-refractivity contribution in [2.45, 2.75) is 19.8 Å². The number of halogens is 1. The molecule has 2 saturated heterocycles. The van der Waals surface area contributed by atoms with Gasteiger partial charge in [0, 0.05) is 66.0 Å². The zero-order valence-electron chi connectivity index (χ0n) is 16.7. The summed E-state index contributed by atoms with van der Waals surface area (Å²) in [6.45, 7) is 16.4. The fraction of sp³-hybridized carbons (Fsp3) is 0.944. The van der Waals surface area contributed by atoms with E-state index < -0.39 is 0 Å². The van der Waals surface area contributed by atoms with Crippen LogP contribution in [0.4, 0.5) is 0 Å². The SMILES string of the molecule is CCN1CCN(CCCCNC(=NC)NCCN2CCOCC2)CC1.I. The van der Waals surface area contributed by atoms with E-state index >= 15 is 0 Å². The number of rotatable bonds is 9. The molecule has 0 bridgehead atoms. The molecule has 26 heavy (non-hydrogen) atoms. The quantitative estimate of drug-likeness (QED) is 0.216. The van der Waals surface area contributed by atoms with E-state index in [2.05, 4.69) is 37.2 Å². The van der Waals surface area contributed by atoms with Gasteiger partial charge in [-0.3, -0.25) is 9.89 Å². The van der Waals surface area contributed by atoms with Crippen LogP contribution in [0.1, 0.15) is 19.8 Å².